The van der Waals surface area contributed by atoms with E-state index in [2.05, 4.69) is 10.2 Å². The van der Waals surface area contributed by atoms with Gasteiger partial charge in [-0.1, -0.05) is 19.9 Å². The van der Waals surface area contributed by atoms with Crippen molar-refractivity contribution in [1.82, 2.24) is 10.2 Å². The molecule has 0 N–H and O–H groups in total. The molecule has 0 atom stereocenters. The third-order valence-corrected chi connectivity index (χ3v) is 2.33. The zero-order chi connectivity index (χ0) is 12.4. The van der Waals surface area contributed by atoms with Crippen LogP contribution in [0.4, 0.5) is 8.78 Å². The number of halogens is 2. The average molecular weight is 238 g/mol. The van der Waals surface area contributed by atoms with Crippen molar-refractivity contribution >= 4 is 0 Å². The fraction of sp³-hybridized carbons (Fsp3) is 0.333. The molecule has 0 unspecified atom stereocenters. The first kappa shape index (κ1) is 11.7. The molecule has 0 spiro atoms. The molecule has 0 saturated heterocycles. The SMILES string of the molecule is CC(C)c1nnc(Cc2ccc(F)cc2F)o1. The highest BCUT2D eigenvalue weighted by Gasteiger charge is 2.12. The lowest BCUT2D eigenvalue weighted by molar-refractivity contribution is 0.436. The van der Waals surface area contributed by atoms with Gasteiger partial charge in [0.1, 0.15) is 11.6 Å². The molecular weight excluding hydrogens is 226 g/mol. The third kappa shape index (κ3) is 2.67. The molecule has 0 aliphatic rings. The van der Waals surface area contributed by atoms with Crippen molar-refractivity contribution < 1.29 is 13.2 Å². The number of rotatable bonds is 3. The van der Waals surface area contributed by atoms with Gasteiger partial charge in [-0.05, 0) is 11.6 Å². The molecule has 0 aliphatic carbocycles. The Morgan fingerprint density at radius 3 is 2.59 bits per heavy atom. The van der Waals surface area contributed by atoms with Gasteiger partial charge in [-0.15, -0.1) is 10.2 Å². The van der Waals surface area contributed by atoms with Gasteiger partial charge in [0.25, 0.3) is 0 Å². The normalized spacial score (nSPS) is 11.1. The van der Waals surface area contributed by atoms with E-state index < -0.39 is 11.6 Å². The minimum absolute atomic E-state index is 0.134. The van der Waals surface area contributed by atoms with Gasteiger partial charge < -0.3 is 4.42 Å². The molecule has 2 aromatic rings. The first-order valence-corrected chi connectivity index (χ1v) is 5.32. The molecule has 90 valence electrons. The fourth-order valence-corrected chi connectivity index (χ4v) is 1.40. The van der Waals surface area contributed by atoms with Crippen LogP contribution in [0.3, 0.4) is 0 Å². The van der Waals surface area contributed by atoms with Crippen molar-refractivity contribution in [1.29, 1.82) is 0 Å². The Balaban J connectivity index is 2.19. The topological polar surface area (TPSA) is 38.9 Å². The van der Waals surface area contributed by atoms with Crippen molar-refractivity contribution in [2.75, 3.05) is 0 Å². The lowest BCUT2D eigenvalue weighted by Crippen LogP contribution is -1.93. The second kappa shape index (κ2) is 4.61. The lowest BCUT2D eigenvalue weighted by atomic mass is 10.1. The zero-order valence-electron chi connectivity index (χ0n) is 9.58. The molecule has 0 fully saturated rings. The van der Waals surface area contributed by atoms with E-state index in [-0.39, 0.29) is 12.3 Å². The van der Waals surface area contributed by atoms with E-state index >= 15 is 0 Å². The highest BCUT2D eigenvalue weighted by Crippen LogP contribution is 2.17. The summed E-state index contributed by atoms with van der Waals surface area (Å²) < 4.78 is 31.4. The van der Waals surface area contributed by atoms with Gasteiger partial charge in [0.15, 0.2) is 0 Å². The van der Waals surface area contributed by atoms with E-state index in [4.69, 9.17) is 4.42 Å². The quantitative estimate of drug-likeness (QED) is 0.824. The van der Waals surface area contributed by atoms with E-state index in [9.17, 15) is 8.78 Å². The van der Waals surface area contributed by atoms with Crippen LogP contribution in [0.5, 0.6) is 0 Å². The molecule has 1 heterocycles. The second-order valence-electron chi connectivity index (χ2n) is 4.10. The van der Waals surface area contributed by atoms with E-state index in [1.54, 1.807) is 0 Å². The number of benzene rings is 1. The molecule has 17 heavy (non-hydrogen) atoms. The molecule has 0 radical (unpaired) electrons. The monoisotopic (exact) mass is 238 g/mol. The maximum absolute atomic E-state index is 13.4. The Bertz CT molecular complexity index is 523. The summed E-state index contributed by atoms with van der Waals surface area (Å²) >= 11 is 0. The van der Waals surface area contributed by atoms with E-state index in [0.29, 0.717) is 17.3 Å². The van der Waals surface area contributed by atoms with Gasteiger partial charge in [-0.25, -0.2) is 8.78 Å². The Morgan fingerprint density at radius 2 is 2.00 bits per heavy atom. The summed E-state index contributed by atoms with van der Waals surface area (Å²) in [5.41, 5.74) is 0.338. The summed E-state index contributed by atoms with van der Waals surface area (Å²) in [7, 11) is 0. The van der Waals surface area contributed by atoms with Crippen LogP contribution < -0.4 is 0 Å². The molecule has 1 aromatic heterocycles. The molecule has 0 amide bonds. The first-order valence-electron chi connectivity index (χ1n) is 5.32. The number of hydrogen-bond acceptors (Lipinski definition) is 3. The van der Waals surface area contributed by atoms with Crippen molar-refractivity contribution in [3.63, 3.8) is 0 Å². The molecule has 5 heteroatoms. The van der Waals surface area contributed by atoms with E-state index in [1.165, 1.54) is 12.1 Å². The summed E-state index contributed by atoms with van der Waals surface area (Å²) in [4.78, 5) is 0. The minimum atomic E-state index is -0.603. The molecule has 0 saturated carbocycles. The maximum Gasteiger partial charge on any atom is 0.221 e. The largest absolute Gasteiger partial charge is 0.425 e. The molecule has 2 rings (SSSR count). The van der Waals surface area contributed by atoms with Crippen molar-refractivity contribution in [3.05, 3.63) is 47.2 Å². The van der Waals surface area contributed by atoms with Gasteiger partial charge in [-0.3, -0.25) is 0 Å². The van der Waals surface area contributed by atoms with Crippen LogP contribution in [0.2, 0.25) is 0 Å². The maximum atomic E-state index is 13.4. The Labute approximate surface area is 97.5 Å². The van der Waals surface area contributed by atoms with Crippen LogP contribution in [-0.2, 0) is 6.42 Å². The van der Waals surface area contributed by atoms with Crippen LogP contribution in [-0.4, -0.2) is 10.2 Å². The zero-order valence-corrected chi connectivity index (χ0v) is 9.58. The number of hydrogen-bond donors (Lipinski definition) is 0. The molecule has 0 bridgehead atoms. The minimum Gasteiger partial charge on any atom is -0.425 e. The fourth-order valence-electron chi connectivity index (χ4n) is 1.40. The van der Waals surface area contributed by atoms with Crippen molar-refractivity contribution in [2.24, 2.45) is 0 Å². The van der Waals surface area contributed by atoms with Gasteiger partial charge in [0.05, 0.1) is 6.42 Å². The number of nitrogens with zero attached hydrogens (tertiary/aromatic N) is 2. The second-order valence-corrected chi connectivity index (χ2v) is 4.10. The van der Waals surface area contributed by atoms with Crippen molar-refractivity contribution in [3.8, 4) is 0 Å². The summed E-state index contributed by atoms with van der Waals surface area (Å²) in [6, 6.07) is 3.43. The van der Waals surface area contributed by atoms with Gasteiger partial charge >= 0.3 is 0 Å². The van der Waals surface area contributed by atoms with Crippen LogP contribution in [0, 0.1) is 11.6 Å². The summed E-state index contributed by atoms with van der Waals surface area (Å²) in [6.07, 6.45) is 0.172. The highest BCUT2D eigenvalue weighted by atomic mass is 19.1. The smallest absolute Gasteiger partial charge is 0.221 e. The molecule has 0 aliphatic heterocycles. The summed E-state index contributed by atoms with van der Waals surface area (Å²) in [5.74, 6) is -0.218. The van der Waals surface area contributed by atoms with Crippen LogP contribution in [0.1, 0.15) is 37.1 Å². The first-order chi connectivity index (χ1) is 8.06. The highest BCUT2D eigenvalue weighted by molar-refractivity contribution is 5.21. The Morgan fingerprint density at radius 1 is 1.24 bits per heavy atom. The van der Waals surface area contributed by atoms with Gasteiger partial charge in [-0.2, -0.15) is 0 Å². The standard InChI is InChI=1S/C12H12F2N2O/c1-7(2)12-16-15-11(17-12)5-8-3-4-9(13)6-10(8)14/h3-4,6-7H,5H2,1-2H3. The predicted molar refractivity (Wildman–Crippen MR) is 57.6 cm³/mol. The third-order valence-electron chi connectivity index (χ3n) is 2.33. The number of aromatic nitrogens is 2. The average Bonchev–Trinajstić information content (AvgIpc) is 2.71. The predicted octanol–water partition coefficient (Wildman–Crippen LogP) is 3.06. The molecule has 3 nitrogen and oxygen atoms in total. The van der Waals surface area contributed by atoms with E-state index in [0.717, 1.165) is 6.07 Å². The Kier molecular flexibility index (Phi) is 3.17. The summed E-state index contributed by atoms with van der Waals surface area (Å²) in [5, 5.41) is 7.67. The van der Waals surface area contributed by atoms with Crippen LogP contribution >= 0.6 is 0 Å². The van der Waals surface area contributed by atoms with Crippen LogP contribution in [0.25, 0.3) is 0 Å². The van der Waals surface area contributed by atoms with Crippen molar-refractivity contribution in [2.45, 2.75) is 26.2 Å². The van der Waals surface area contributed by atoms with Gasteiger partial charge in [0.2, 0.25) is 11.8 Å². The van der Waals surface area contributed by atoms with E-state index in [1.807, 2.05) is 13.8 Å². The molecule has 1 aromatic carbocycles. The Hall–Kier alpha value is -1.78. The van der Waals surface area contributed by atoms with Crippen LogP contribution in [0.15, 0.2) is 22.6 Å². The summed E-state index contributed by atoms with van der Waals surface area (Å²) in [6.45, 7) is 3.85. The lowest BCUT2D eigenvalue weighted by Gasteiger charge is -1.99. The molecular formula is C12H12F2N2O. The van der Waals surface area contributed by atoms with Gasteiger partial charge in [0, 0.05) is 12.0 Å².